The van der Waals surface area contributed by atoms with Crippen LogP contribution < -0.4 is 11.1 Å². The van der Waals surface area contributed by atoms with Gasteiger partial charge in [0.1, 0.15) is 18.7 Å². The van der Waals surface area contributed by atoms with Crippen LogP contribution in [0.1, 0.15) is 24.0 Å². The monoisotopic (exact) mass is 434 g/mol. The number of aromatic amines is 1. The molecule has 2 atom stereocenters. The highest BCUT2D eigenvalue weighted by molar-refractivity contribution is 5.92. The van der Waals surface area contributed by atoms with Crippen molar-refractivity contribution in [3.05, 3.63) is 71.9 Å². The second-order valence-electron chi connectivity index (χ2n) is 7.92. The number of carbonyl (C=O) groups is 3. The molecule has 3 aromatic rings. The van der Waals surface area contributed by atoms with Crippen LogP contribution in [0.2, 0.25) is 0 Å². The molecule has 166 valence electrons. The van der Waals surface area contributed by atoms with E-state index in [9.17, 15) is 14.4 Å². The third-order valence-electron chi connectivity index (χ3n) is 5.75. The standard InChI is InChI=1S/C24H26N4O4/c25-22(29)20(13-17-14-26-19-10-5-4-9-18(17)19)27-23(30)21-11-6-12-28(21)24(31)32-15-16-7-2-1-3-8-16/h1-5,7-10,14,20-21,26H,6,11-13,15H2,(H2,25,29)(H,27,30)/t20-,21+/m0/s1. The molecule has 2 heterocycles. The number of nitrogens with two attached hydrogens (primary N) is 1. The fraction of sp³-hybridized carbons (Fsp3) is 0.292. The Kier molecular flexibility index (Phi) is 6.39. The lowest BCUT2D eigenvalue weighted by molar-refractivity contribution is -0.130. The summed E-state index contributed by atoms with van der Waals surface area (Å²) in [6.45, 7) is 0.560. The smallest absolute Gasteiger partial charge is 0.410 e. The number of benzene rings is 2. The lowest BCUT2D eigenvalue weighted by Crippen LogP contribution is -2.53. The number of likely N-dealkylation sites (tertiary alicyclic amines) is 1. The highest BCUT2D eigenvalue weighted by Crippen LogP contribution is 2.21. The van der Waals surface area contributed by atoms with Crippen molar-refractivity contribution in [1.82, 2.24) is 15.2 Å². The van der Waals surface area contributed by atoms with Gasteiger partial charge in [0, 0.05) is 30.1 Å². The van der Waals surface area contributed by atoms with Gasteiger partial charge in [0.2, 0.25) is 11.8 Å². The van der Waals surface area contributed by atoms with E-state index in [1.807, 2.05) is 60.8 Å². The Morgan fingerprint density at radius 2 is 1.88 bits per heavy atom. The zero-order valence-corrected chi connectivity index (χ0v) is 17.6. The topological polar surface area (TPSA) is 118 Å². The van der Waals surface area contributed by atoms with E-state index < -0.39 is 30.0 Å². The van der Waals surface area contributed by atoms with Gasteiger partial charge in [0.05, 0.1) is 0 Å². The number of hydrogen-bond acceptors (Lipinski definition) is 4. The van der Waals surface area contributed by atoms with E-state index in [2.05, 4.69) is 10.3 Å². The van der Waals surface area contributed by atoms with Gasteiger partial charge >= 0.3 is 6.09 Å². The van der Waals surface area contributed by atoms with Crippen LogP contribution in [0, 0.1) is 0 Å². The second-order valence-corrected chi connectivity index (χ2v) is 7.92. The third kappa shape index (κ3) is 4.74. The number of ether oxygens (including phenoxy) is 1. The Morgan fingerprint density at radius 3 is 2.66 bits per heavy atom. The number of aromatic nitrogens is 1. The Bertz CT molecular complexity index is 1110. The molecule has 1 aliphatic rings. The molecule has 1 saturated heterocycles. The van der Waals surface area contributed by atoms with E-state index in [1.165, 1.54) is 4.90 Å². The van der Waals surface area contributed by atoms with Crippen molar-refractivity contribution < 1.29 is 19.1 Å². The van der Waals surface area contributed by atoms with Crippen LogP contribution in [0.3, 0.4) is 0 Å². The van der Waals surface area contributed by atoms with Crippen molar-refractivity contribution in [2.24, 2.45) is 5.73 Å². The zero-order chi connectivity index (χ0) is 22.5. The van der Waals surface area contributed by atoms with Crippen molar-refractivity contribution >= 4 is 28.8 Å². The Hall–Kier alpha value is -3.81. The fourth-order valence-electron chi connectivity index (χ4n) is 4.07. The minimum Gasteiger partial charge on any atom is -0.445 e. The summed E-state index contributed by atoms with van der Waals surface area (Å²) in [5.41, 5.74) is 8.28. The van der Waals surface area contributed by atoms with Crippen molar-refractivity contribution in [3.63, 3.8) is 0 Å². The van der Waals surface area contributed by atoms with Gasteiger partial charge in [-0.1, -0.05) is 48.5 Å². The molecule has 0 saturated carbocycles. The van der Waals surface area contributed by atoms with Crippen LogP contribution >= 0.6 is 0 Å². The summed E-state index contributed by atoms with van der Waals surface area (Å²) in [5, 5.41) is 3.72. The highest BCUT2D eigenvalue weighted by atomic mass is 16.6. The van der Waals surface area contributed by atoms with Crippen LogP contribution in [0.4, 0.5) is 4.79 Å². The number of hydrogen-bond donors (Lipinski definition) is 3. The average molecular weight is 434 g/mol. The molecule has 0 bridgehead atoms. The molecular weight excluding hydrogens is 408 g/mol. The van der Waals surface area contributed by atoms with Gasteiger partial charge < -0.3 is 20.8 Å². The Labute approximate surface area is 185 Å². The molecule has 0 unspecified atom stereocenters. The zero-order valence-electron chi connectivity index (χ0n) is 17.6. The van der Waals surface area contributed by atoms with E-state index in [4.69, 9.17) is 10.5 Å². The van der Waals surface area contributed by atoms with Gasteiger partial charge in [-0.3, -0.25) is 14.5 Å². The maximum absolute atomic E-state index is 13.0. The van der Waals surface area contributed by atoms with Crippen LogP contribution in [0.15, 0.2) is 60.8 Å². The SMILES string of the molecule is NC(=O)[C@H](Cc1c[nH]c2ccccc12)NC(=O)[C@H]1CCCN1C(=O)OCc1ccccc1. The molecule has 1 fully saturated rings. The molecule has 3 amide bonds. The first-order chi connectivity index (χ1) is 15.5. The minimum atomic E-state index is -0.885. The lowest BCUT2D eigenvalue weighted by atomic mass is 10.0. The number of nitrogens with one attached hydrogen (secondary N) is 2. The van der Waals surface area contributed by atoms with Crippen LogP contribution in [0.25, 0.3) is 10.9 Å². The van der Waals surface area contributed by atoms with Crippen molar-refractivity contribution in [2.75, 3.05) is 6.54 Å². The molecule has 2 aromatic carbocycles. The molecule has 0 spiro atoms. The number of fused-ring (bicyclic) bond motifs is 1. The molecule has 4 rings (SSSR count). The fourth-order valence-corrected chi connectivity index (χ4v) is 4.07. The van der Waals surface area contributed by atoms with Gasteiger partial charge in [-0.2, -0.15) is 0 Å². The molecule has 4 N–H and O–H groups in total. The third-order valence-corrected chi connectivity index (χ3v) is 5.75. The summed E-state index contributed by atoms with van der Waals surface area (Å²) >= 11 is 0. The number of amides is 3. The molecule has 1 aliphatic heterocycles. The Balaban J connectivity index is 1.40. The van der Waals surface area contributed by atoms with E-state index in [1.54, 1.807) is 0 Å². The van der Waals surface area contributed by atoms with E-state index >= 15 is 0 Å². The molecule has 32 heavy (non-hydrogen) atoms. The van der Waals surface area contributed by atoms with Gasteiger partial charge in [-0.15, -0.1) is 0 Å². The van der Waals surface area contributed by atoms with E-state index in [-0.39, 0.29) is 13.0 Å². The number of carbonyl (C=O) groups excluding carboxylic acids is 3. The molecule has 8 heteroatoms. The number of H-pyrrole nitrogens is 1. The number of nitrogens with zero attached hydrogens (tertiary/aromatic N) is 1. The lowest BCUT2D eigenvalue weighted by Gasteiger charge is -2.25. The summed E-state index contributed by atoms with van der Waals surface area (Å²) in [4.78, 5) is 42.2. The largest absolute Gasteiger partial charge is 0.445 e. The maximum atomic E-state index is 13.0. The molecule has 0 aliphatic carbocycles. The minimum absolute atomic E-state index is 0.134. The summed E-state index contributed by atoms with van der Waals surface area (Å²) in [5.74, 6) is -1.03. The second kappa shape index (κ2) is 9.55. The van der Waals surface area contributed by atoms with Crippen LogP contribution in [-0.4, -0.2) is 46.4 Å². The van der Waals surface area contributed by atoms with Crippen molar-refractivity contribution in [1.29, 1.82) is 0 Å². The predicted octanol–water partition coefficient (Wildman–Crippen LogP) is 2.48. The highest BCUT2D eigenvalue weighted by Gasteiger charge is 2.36. The predicted molar refractivity (Wildman–Crippen MR) is 119 cm³/mol. The maximum Gasteiger partial charge on any atom is 0.410 e. The van der Waals surface area contributed by atoms with Gasteiger partial charge in [0.25, 0.3) is 0 Å². The summed E-state index contributed by atoms with van der Waals surface area (Å²) < 4.78 is 5.39. The first-order valence-corrected chi connectivity index (χ1v) is 10.6. The average Bonchev–Trinajstić information content (AvgIpc) is 3.45. The van der Waals surface area contributed by atoms with Gasteiger partial charge in [-0.05, 0) is 30.0 Å². The molecular formula is C24H26N4O4. The van der Waals surface area contributed by atoms with Crippen molar-refractivity contribution in [2.45, 2.75) is 38.0 Å². The van der Waals surface area contributed by atoms with Crippen LogP contribution in [0.5, 0.6) is 0 Å². The quantitative estimate of drug-likeness (QED) is 0.529. The first kappa shape index (κ1) is 21.4. The molecule has 8 nitrogen and oxygen atoms in total. The number of primary amides is 1. The molecule has 1 aromatic heterocycles. The normalized spacial score (nSPS) is 16.6. The number of para-hydroxylation sites is 1. The van der Waals surface area contributed by atoms with E-state index in [0.717, 1.165) is 22.0 Å². The first-order valence-electron chi connectivity index (χ1n) is 10.6. The van der Waals surface area contributed by atoms with Gasteiger partial charge in [0.15, 0.2) is 0 Å². The Morgan fingerprint density at radius 1 is 1.12 bits per heavy atom. The van der Waals surface area contributed by atoms with E-state index in [0.29, 0.717) is 19.4 Å². The van der Waals surface area contributed by atoms with Gasteiger partial charge in [-0.25, -0.2) is 4.79 Å². The van der Waals surface area contributed by atoms with Crippen LogP contribution in [-0.2, 0) is 27.4 Å². The summed E-state index contributed by atoms with van der Waals surface area (Å²) in [7, 11) is 0. The van der Waals surface area contributed by atoms with Crippen molar-refractivity contribution in [3.8, 4) is 0 Å². The summed E-state index contributed by atoms with van der Waals surface area (Å²) in [6, 6.07) is 15.5. The summed E-state index contributed by atoms with van der Waals surface area (Å²) in [6.07, 6.45) is 2.72. The molecule has 0 radical (unpaired) electrons. The number of rotatable bonds is 7.